The van der Waals surface area contributed by atoms with Crippen molar-refractivity contribution in [3.8, 4) is 11.5 Å². The number of esters is 2. The van der Waals surface area contributed by atoms with Crippen LogP contribution in [0.15, 0.2) is 84.9 Å². The summed E-state index contributed by atoms with van der Waals surface area (Å²) >= 11 is 2.46. The third-order valence-electron chi connectivity index (χ3n) is 3.80. The maximum absolute atomic E-state index is 12.2. The van der Waals surface area contributed by atoms with E-state index in [0.29, 0.717) is 17.1 Å². The zero-order valence-corrected chi connectivity index (χ0v) is 16.3. The Hall–Kier alpha value is -2.88. The molecule has 27 heavy (non-hydrogen) atoms. The molecule has 0 saturated carbocycles. The Morgan fingerprint density at radius 3 is 2.11 bits per heavy atom. The van der Waals surface area contributed by atoms with E-state index in [1.807, 2.05) is 30.3 Å². The van der Waals surface area contributed by atoms with Gasteiger partial charge in [-0.2, -0.15) is 0 Å². The average molecular weight is 425 g/mol. The first kappa shape index (κ1) is 18.9. The van der Waals surface area contributed by atoms with Gasteiger partial charge in [-0.25, -0.2) is 0 Å². The zero-order valence-electron chi connectivity index (χ0n) is 14.4. The molecule has 0 aromatic heterocycles. The molecule has 0 aliphatic rings. The second-order valence-electron chi connectivity index (χ2n) is 5.84. The monoisotopic (exact) mass is 426 g/mol. The van der Waals surface area contributed by atoms with E-state index in [4.69, 9.17) is 9.47 Å². The molecule has 0 bridgehead atoms. The molecule has 3 rings (SSSR count). The van der Waals surface area contributed by atoms with Crippen LogP contribution in [0.2, 0.25) is 0 Å². The van der Waals surface area contributed by atoms with Crippen LogP contribution in [0.3, 0.4) is 0 Å². The van der Waals surface area contributed by atoms with Crippen molar-refractivity contribution in [1.29, 1.82) is 0 Å². The summed E-state index contributed by atoms with van der Waals surface area (Å²) in [5, 5.41) is 0. The predicted octanol–water partition coefficient (Wildman–Crippen LogP) is 3.84. The van der Waals surface area contributed by atoms with E-state index >= 15 is 0 Å². The van der Waals surface area contributed by atoms with Gasteiger partial charge in [0, 0.05) is 0 Å². The van der Waals surface area contributed by atoms with Gasteiger partial charge in [0.25, 0.3) is 0 Å². The Morgan fingerprint density at radius 2 is 1.41 bits per heavy atom. The van der Waals surface area contributed by atoms with Gasteiger partial charge >= 0.3 is 166 Å². The maximum atomic E-state index is 12.2. The zero-order chi connectivity index (χ0) is 19.1. The van der Waals surface area contributed by atoms with E-state index < -0.39 is 5.97 Å². The Balaban J connectivity index is 1.62. The van der Waals surface area contributed by atoms with E-state index in [2.05, 4.69) is 16.0 Å². The number of para-hydroxylation sites is 1. The Bertz CT molecular complexity index is 910. The van der Waals surface area contributed by atoms with Crippen molar-refractivity contribution in [3.63, 3.8) is 0 Å². The van der Waals surface area contributed by atoms with Crippen molar-refractivity contribution in [3.05, 3.63) is 96.1 Å². The molecule has 0 radical (unpaired) electrons. The number of carbonyl (C=O) groups is 2. The second kappa shape index (κ2) is 9.17. The minimum atomic E-state index is -0.418. The first-order valence-corrected chi connectivity index (χ1v) is 9.51. The van der Waals surface area contributed by atoms with Gasteiger partial charge in [0.2, 0.25) is 0 Å². The number of hydrogen-bond donors (Lipinski definition) is 0. The van der Waals surface area contributed by atoms with Crippen molar-refractivity contribution < 1.29 is 19.1 Å². The van der Waals surface area contributed by atoms with Crippen LogP contribution in [0, 0.1) is 0 Å². The summed E-state index contributed by atoms with van der Waals surface area (Å²) in [5.74, 6) is 0.221. The molecule has 0 N–H and O–H groups in total. The molecule has 5 heteroatoms. The van der Waals surface area contributed by atoms with Gasteiger partial charge in [0.05, 0.1) is 0 Å². The van der Waals surface area contributed by atoms with Crippen LogP contribution in [0.25, 0.3) is 0 Å². The fraction of sp³-hybridized carbons (Fsp3) is 0.0909. The SMILES string of the molecule is O=C(CC([SeH])c1cccc(OC(=O)c2ccccc2)c1)Oc1ccccc1. The topological polar surface area (TPSA) is 52.6 Å². The van der Waals surface area contributed by atoms with Gasteiger partial charge in [-0.1, -0.05) is 0 Å². The molecule has 1 unspecified atom stereocenters. The third-order valence-corrected chi connectivity index (χ3v) is 4.81. The van der Waals surface area contributed by atoms with Crippen LogP contribution in [-0.2, 0) is 4.79 Å². The van der Waals surface area contributed by atoms with Crippen molar-refractivity contribution in [2.45, 2.75) is 11.2 Å². The van der Waals surface area contributed by atoms with Crippen molar-refractivity contribution >= 4 is 28.0 Å². The minimum absolute atomic E-state index is 0.135. The summed E-state index contributed by atoms with van der Waals surface area (Å²) < 4.78 is 10.8. The Kier molecular flexibility index (Phi) is 6.42. The fourth-order valence-electron chi connectivity index (χ4n) is 2.46. The molecule has 136 valence electrons. The summed E-state index contributed by atoms with van der Waals surface area (Å²) in [6, 6.07) is 24.9. The molecule has 0 fully saturated rings. The first-order valence-electron chi connectivity index (χ1n) is 8.43. The Labute approximate surface area is 165 Å². The normalized spacial score (nSPS) is 11.4. The van der Waals surface area contributed by atoms with Gasteiger partial charge < -0.3 is 0 Å². The van der Waals surface area contributed by atoms with Gasteiger partial charge in [0.15, 0.2) is 0 Å². The van der Waals surface area contributed by atoms with E-state index in [-0.39, 0.29) is 17.2 Å². The summed E-state index contributed by atoms with van der Waals surface area (Å²) in [5.41, 5.74) is 1.36. The average Bonchev–Trinajstić information content (AvgIpc) is 2.69. The molecule has 3 aromatic rings. The Morgan fingerprint density at radius 1 is 0.778 bits per heavy atom. The summed E-state index contributed by atoms with van der Waals surface area (Å²) in [6.45, 7) is 0. The van der Waals surface area contributed by atoms with Crippen molar-refractivity contribution in [2.24, 2.45) is 0 Å². The molecule has 3 aromatic carbocycles. The van der Waals surface area contributed by atoms with Crippen LogP contribution < -0.4 is 9.47 Å². The van der Waals surface area contributed by atoms with E-state index in [1.165, 1.54) is 0 Å². The summed E-state index contributed by atoms with van der Waals surface area (Å²) in [4.78, 5) is 24.2. The van der Waals surface area contributed by atoms with Gasteiger partial charge in [-0.05, 0) is 0 Å². The molecule has 0 aliphatic heterocycles. The van der Waals surface area contributed by atoms with Crippen LogP contribution in [0.5, 0.6) is 11.5 Å². The molecular weight excluding hydrogens is 407 g/mol. The predicted molar refractivity (Wildman–Crippen MR) is 104 cm³/mol. The summed E-state index contributed by atoms with van der Waals surface area (Å²) in [6.07, 6.45) is 0.199. The van der Waals surface area contributed by atoms with Gasteiger partial charge in [-0.15, -0.1) is 0 Å². The van der Waals surface area contributed by atoms with E-state index in [9.17, 15) is 9.59 Å². The van der Waals surface area contributed by atoms with Crippen LogP contribution >= 0.6 is 0 Å². The molecular formula is C22H18O4Se. The molecule has 0 heterocycles. The van der Waals surface area contributed by atoms with Crippen LogP contribution in [0.4, 0.5) is 0 Å². The fourth-order valence-corrected chi connectivity index (χ4v) is 3.11. The molecule has 4 nitrogen and oxygen atoms in total. The first-order chi connectivity index (χ1) is 13.1. The third kappa shape index (κ3) is 5.55. The van der Waals surface area contributed by atoms with Crippen LogP contribution in [0.1, 0.15) is 27.2 Å². The van der Waals surface area contributed by atoms with Gasteiger partial charge in [0.1, 0.15) is 0 Å². The van der Waals surface area contributed by atoms with Crippen LogP contribution in [-0.4, -0.2) is 28.0 Å². The number of hydrogen-bond acceptors (Lipinski definition) is 4. The molecule has 0 spiro atoms. The molecule has 1 atom stereocenters. The molecule has 0 aliphatic carbocycles. The van der Waals surface area contributed by atoms with Crippen molar-refractivity contribution in [1.82, 2.24) is 0 Å². The molecule has 0 saturated heterocycles. The number of rotatable bonds is 6. The van der Waals surface area contributed by atoms with E-state index in [0.717, 1.165) is 5.56 Å². The second-order valence-corrected chi connectivity index (χ2v) is 7.14. The van der Waals surface area contributed by atoms with Crippen molar-refractivity contribution in [2.75, 3.05) is 0 Å². The summed E-state index contributed by atoms with van der Waals surface area (Å²) in [7, 11) is 0. The quantitative estimate of drug-likeness (QED) is 0.342. The number of ether oxygens (including phenoxy) is 2. The van der Waals surface area contributed by atoms with E-state index in [1.54, 1.807) is 54.6 Å². The molecule has 0 amide bonds. The number of benzene rings is 3. The standard InChI is InChI=1S/C22H18O4Se/c23-21(25-18-11-5-2-6-12-18)15-20(27)17-10-7-13-19(14-17)26-22(24)16-8-3-1-4-9-16/h1-14,20,27H,15H2. The van der Waals surface area contributed by atoms with Gasteiger partial charge in [-0.3, -0.25) is 0 Å². The number of carbonyl (C=O) groups excluding carboxylic acids is 2.